The van der Waals surface area contributed by atoms with Gasteiger partial charge in [0, 0.05) is 11.6 Å². The van der Waals surface area contributed by atoms with Crippen LogP contribution in [0.2, 0.25) is 0 Å². The van der Waals surface area contributed by atoms with Crippen molar-refractivity contribution in [3.63, 3.8) is 0 Å². The van der Waals surface area contributed by atoms with Crippen LogP contribution in [0.4, 0.5) is 0 Å². The number of carbonyl (C=O) groups is 1. The molecule has 3 aromatic rings. The molecule has 0 aliphatic rings. The Kier molecular flexibility index (Phi) is 5.72. The van der Waals surface area contributed by atoms with Gasteiger partial charge >= 0.3 is 0 Å². The van der Waals surface area contributed by atoms with Crippen molar-refractivity contribution in [3.8, 4) is 5.75 Å². The first kappa shape index (κ1) is 17.4. The second-order valence-electron chi connectivity index (χ2n) is 5.72. The Morgan fingerprint density at radius 1 is 1.08 bits per heavy atom. The monoisotopic (exact) mass is 346 g/mol. The number of nitrogens with one attached hydrogen (secondary N) is 1. The van der Waals surface area contributed by atoms with Gasteiger partial charge in [-0.05, 0) is 35.9 Å². The summed E-state index contributed by atoms with van der Waals surface area (Å²) in [7, 11) is 1.62. The predicted octanol–water partition coefficient (Wildman–Crippen LogP) is 2.79. The Labute approximate surface area is 152 Å². The van der Waals surface area contributed by atoms with Crippen molar-refractivity contribution in [1.82, 2.24) is 5.43 Å². The molecule has 1 heterocycles. The van der Waals surface area contributed by atoms with Gasteiger partial charge in [-0.3, -0.25) is 4.79 Å². The van der Waals surface area contributed by atoms with E-state index in [-0.39, 0.29) is 5.91 Å². The molecule has 0 spiro atoms. The summed E-state index contributed by atoms with van der Waals surface area (Å²) in [5.41, 5.74) is 5.15. The smallest absolute Gasteiger partial charge is 0.277 e. The van der Waals surface area contributed by atoms with Gasteiger partial charge in [-0.15, -0.1) is 0 Å². The van der Waals surface area contributed by atoms with Crippen molar-refractivity contribution in [2.45, 2.75) is 6.54 Å². The molecule has 0 bridgehead atoms. The zero-order valence-electron chi connectivity index (χ0n) is 14.5. The van der Waals surface area contributed by atoms with E-state index in [9.17, 15) is 4.79 Å². The molecule has 5 nitrogen and oxygen atoms in total. The first-order valence-electron chi connectivity index (χ1n) is 8.25. The molecular weight excluding hydrogens is 326 g/mol. The fourth-order valence-corrected chi connectivity index (χ4v) is 2.47. The maximum atomic E-state index is 12.3. The minimum Gasteiger partial charge on any atom is -0.497 e. The third kappa shape index (κ3) is 4.77. The zero-order chi connectivity index (χ0) is 18.2. The minimum absolute atomic E-state index is 0.253. The molecule has 0 radical (unpaired) electrons. The normalized spacial score (nSPS) is 10.7. The van der Waals surface area contributed by atoms with E-state index in [1.165, 1.54) is 5.56 Å². The average molecular weight is 346 g/mol. The number of benzene rings is 2. The van der Waals surface area contributed by atoms with Crippen molar-refractivity contribution in [1.29, 1.82) is 0 Å². The van der Waals surface area contributed by atoms with Crippen LogP contribution in [-0.4, -0.2) is 19.2 Å². The standard InChI is InChI=1S/C21H19N3O2/c1-26-20-11-9-17(10-12-20)14-22-23-21(25)19-8-5-13-24(16-19)15-18-6-3-2-4-7-18/h2-14,16H,15H2,1H3/p+1/b22-14-. The highest BCUT2D eigenvalue weighted by Crippen LogP contribution is 2.09. The van der Waals surface area contributed by atoms with E-state index in [0.717, 1.165) is 11.3 Å². The number of hydrazone groups is 1. The molecule has 0 saturated carbocycles. The van der Waals surface area contributed by atoms with Gasteiger partial charge in [0.1, 0.15) is 11.3 Å². The second kappa shape index (κ2) is 8.58. The van der Waals surface area contributed by atoms with Crippen LogP contribution in [-0.2, 0) is 6.54 Å². The minimum atomic E-state index is -0.253. The summed E-state index contributed by atoms with van der Waals surface area (Å²) in [5, 5.41) is 4.01. The molecule has 0 aliphatic heterocycles. The van der Waals surface area contributed by atoms with Gasteiger partial charge in [0.25, 0.3) is 5.91 Å². The molecule has 5 heteroatoms. The maximum absolute atomic E-state index is 12.3. The lowest BCUT2D eigenvalue weighted by molar-refractivity contribution is -0.688. The number of carbonyl (C=O) groups excluding carboxylic acids is 1. The van der Waals surface area contributed by atoms with E-state index in [0.29, 0.717) is 12.1 Å². The van der Waals surface area contributed by atoms with E-state index in [2.05, 4.69) is 22.7 Å². The van der Waals surface area contributed by atoms with E-state index >= 15 is 0 Å². The summed E-state index contributed by atoms with van der Waals surface area (Å²) in [5.74, 6) is 0.524. The number of aromatic nitrogens is 1. The number of nitrogens with zero attached hydrogens (tertiary/aromatic N) is 2. The molecule has 3 rings (SSSR count). The van der Waals surface area contributed by atoms with Crippen LogP contribution >= 0.6 is 0 Å². The van der Waals surface area contributed by atoms with Crippen LogP contribution in [0.5, 0.6) is 5.75 Å². The number of hydrogen-bond donors (Lipinski definition) is 1. The van der Waals surface area contributed by atoms with Crippen LogP contribution in [0, 0.1) is 0 Å². The fourth-order valence-electron chi connectivity index (χ4n) is 2.47. The first-order valence-corrected chi connectivity index (χ1v) is 8.25. The molecular formula is C21H20N3O2+. The van der Waals surface area contributed by atoms with Gasteiger partial charge < -0.3 is 4.74 Å². The Morgan fingerprint density at radius 2 is 1.85 bits per heavy atom. The highest BCUT2D eigenvalue weighted by Gasteiger charge is 2.10. The van der Waals surface area contributed by atoms with Crippen molar-refractivity contribution < 1.29 is 14.1 Å². The molecule has 0 unspecified atom stereocenters. The third-order valence-electron chi connectivity index (χ3n) is 3.82. The Balaban J connectivity index is 1.62. The lowest BCUT2D eigenvalue weighted by Crippen LogP contribution is -2.35. The Morgan fingerprint density at radius 3 is 2.58 bits per heavy atom. The van der Waals surface area contributed by atoms with Crippen molar-refractivity contribution in [3.05, 3.63) is 95.8 Å². The predicted molar refractivity (Wildman–Crippen MR) is 100 cm³/mol. The lowest BCUT2D eigenvalue weighted by atomic mass is 10.2. The largest absolute Gasteiger partial charge is 0.497 e. The zero-order valence-corrected chi connectivity index (χ0v) is 14.5. The summed E-state index contributed by atoms with van der Waals surface area (Å²) < 4.78 is 7.08. The fraction of sp³-hybridized carbons (Fsp3) is 0.0952. The number of methoxy groups -OCH3 is 1. The number of ether oxygens (including phenoxy) is 1. The SMILES string of the molecule is COc1ccc(/C=N\NC(=O)c2ccc[n+](Cc3ccccc3)c2)cc1. The number of pyridine rings is 1. The van der Waals surface area contributed by atoms with E-state index in [4.69, 9.17) is 4.74 Å². The average Bonchev–Trinajstić information content (AvgIpc) is 2.69. The van der Waals surface area contributed by atoms with Crippen molar-refractivity contribution in [2.24, 2.45) is 5.10 Å². The molecule has 2 aromatic carbocycles. The quantitative estimate of drug-likeness (QED) is 0.424. The number of hydrogen-bond acceptors (Lipinski definition) is 3. The summed E-state index contributed by atoms with van der Waals surface area (Å²) >= 11 is 0. The lowest BCUT2D eigenvalue weighted by Gasteiger charge is -2.01. The highest BCUT2D eigenvalue weighted by molar-refractivity contribution is 5.94. The Bertz CT molecular complexity index is 891. The van der Waals surface area contributed by atoms with Gasteiger partial charge in [-0.25, -0.2) is 5.43 Å². The summed E-state index contributed by atoms with van der Waals surface area (Å²) in [6.45, 7) is 0.705. The molecule has 0 saturated heterocycles. The van der Waals surface area contributed by atoms with Crippen LogP contribution < -0.4 is 14.7 Å². The molecule has 1 amide bonds. The maximum Gasteiger partial charge on any atom is 0.277 e. The second-order valence-corrected chi connectivity index (χ2v) is 5.72. The molecule has 0 aliphatic carbocycles. The Hall–Kier alpha value is -3.47. The van der Waals surface area contributed by atoms with E-state index in [1.54, 1.807) is 19.4 Å². The van der Waals surface area contributed by atoms with Crippen LogP contribution in [0.1, 0.15) is 21.5 Å². The third-order valence-corrected chi connectivity index (χ3v) is 3.82. The van der Waals surface area contributed by atoms with Crippen LogP contribution in [0.15, 0.2) is 84.2 Å². The van der Waals surface area contributed by atoms with E-state index in [1.807, 2.05) is 65.5 Å². The van der Waals surface area contributed by atoms with Gasteiger partial charge in [-0.1, -0.05) is 30.3 Å². The molecule has 1 N–H and O–H groups in total. The topological polar surface area (TPSA) is 54.6 Å². The number of amides is 1. The van der Waals surface area contributed by atoms with Gasteiger partial charge in [0.15, 0.2) is 18.9 Å². The van der Waals surface area contributed by atoms with Crippen LogP contribution in [0.3, 0.4) is 0 Å². The number of rotatable bonds is 6. The summed E-state index contributed by atoms with van der Waals surface area (Å²) in [6, 6.07) is 21.1. The first-order chi connectivity index (χ1) is 12.7. The molecule has 0 fully saturated rings. The van der Waals surface area contributed by atoms with Gasteiger partial charge in [0.2, 0.25) is 0 Å². The van der Waals surface area contributed by atoms with Crippen molar-refractivity contribution >= 4 is 12.1 Å². The van der Waals surface area contributed by atoms with E-state index < -0.39 is 0 Å². The van der Waals surface area contributed by atoms with Gasteiger partial charge in [0.05, 0.1) is 13.3 Å². The van der Waals surface area contributed by atoms with Crippen molar-refractivity contribution in [2.75, 3.05) is 7.11 Å². The van der Waals surface area contributed by atoms with Gasteiger partial charge in [-0.2, -0.15) is 9.67 Å². The van der Waals surface area contributed by atoms with Crippen LogP contribution in [0.25, 0.3) is 0 Å². The molecule has 26 heavy (non-hydrogen) atoms. The molecule has 0 atom stereocenters. The molecule has 1 aromatic heterocycles. The summed E-state index contributed by atoms with van der Waals surface area (Å²) in [6.07, 6.45) is 5.34. The summed E-state index contributed by atoms with van der Waals surface area (Å²) in [4.78, 5) is 12.3. The highest BCUT2D eigenvalue weighted by atomic mass is 16.5. The molecule has 130 valence electrons.